The summed E-state index contributed by atoms with van der Waals surface area (Å²) in [5.41, 5.74) is 0.508. The average molecular weight is 266 g/mol. The third-order valence-corrected chi connectivity index (χ3v) is 2.56. The molecule has 5 heteroatoms. The Kier molecular flexibility index (Phi) is 5.85. The average Bonchev–Trinajstić information content (AvgIpc) is 2.38. The Morgan fingerprint density at radius 2 is 1.63 bits per heavy atom. The summed E-state index contributed by atoms with van der Waals surface area (Å²) in [5.74, 6) is -2.28. The number of carbonyl (C=O) groups is 2. The van der Waals surface area contributed by atoms with E-state index in [1.165, 1.54) is 6.07 Å². The van der Waals surface area contributed by atoms with Crippen molar-refractivity contribution in [3.05, 3.63) is 29.8 Å². The maximum atomic E-state index is 11.8. The van der Waals surface area contributed by atoms with E-state index in [1.54, 1.807) is 32.0 Å². The third-order valence-electron chi connectivity index (χ3n) is 2.56. The molecule has 1 N–H and O–H groups in total. The summed E-state index contributed by atoms with van der Waals surface area (Å²) in [4.78, 5) is 23.5. The Morgan fingerprint density at radius 1 is 1.11 bits per heavy atom. The van der Waals surface area contributed by atoms with Crippen LogP contribution in [0.25, 0.3) is 0 Å². The Labute approximate surface area is 112 Å². The normalized spacial score (nSPS) is 10.3. The molecule has 0 spiro atoms. The van der Waals surface area contributed by atoms with E-state index in [1.807, 2.05) is 0 Å². The second-order valence-corrected chi connectivity index (χ2v) is 3.89. The van der Waals surface area contributed by atoms with Gasteiger partial charge in [0.05, 0.1) is 13.2 Å². The predicted octanol–water partition coefficient (Wildman–Crippen LogP) is 1.68. The number of rotatable bonds is 6. The second-order valence-electron chi connectivity index (χ2n) is 3.89. The van der Waals surface area contributed by atoms with E-state index in [2.05, 4.69) is 0 Å². The largest absolute Gasteiger partial charge is 0.508 e. The van der Waals surface area contributed by atoms with Crippen LogP contribution in [0.15, 0.2) is 24.3 Å². The first-order valence-corrected chi connectivity index (χ1v) is 6.20. The Bertz CT molecular complexity index is 423. The van der Waals surface area contributed by atoms with Crippen LogP contribution in [0, 0.1) is 5.92 Å². The van der Waals surface area contributed by atoms with Gasteiger partial charge in [0.2, 0.25) is 0 Å². The van der Waals surface area contributed by atoms with E-state index in [-0.39, 0.29) is 25.4 Å². The fourth-order valence-corrected chi connectivity index (χ4v) is 1.65. The smallest absolute Gasteiger partial charge is 0.320 e. The first kappa shape index (κ1) is 15.0. The van der Waals surface area contributed by atoms with E-state index in [0.29, 0.717) is 5.56 Å². The summed E-state index contributed by atoms with van der Waals surface area (Å²) in [7, 11) is 0. The van der Waals surface area contributed by atoms with Gasteiger partial charge in [0.1, 0.15) is 5.75 Å². The van der Waals surface area contributed by atoms with Crippen molar-refractivity contribution in [1.82, 2.24) is 0 Å². The SMILES string of the molecule is CCOC(=O)C(Cc1ccccc1O)C(=O)OCC. The summed E-state index contributed by atoms with van der Waals surface area (Å²) in [5, 5.41) is 9.68. The number of hydrogen-bond acceptors (Lipinski definition) is 5. The summed E-state index contributed by atoms with van der Waals surface area (Å²) in [6.45, 7) is 3.71. The van der Waals surface area contributed by atoms with Crippen LogP contribution in [0.4, 0.5) is 0 Å². The lowest BCUT2D eigenvalue weighted by Gasteiger charge is -2.14. The predicted molar refractivity (Wildman–Crippen MR) is 68.6 cm³/mol. The number of para-hydroxylation sites is 1. The Balaban J connectivity index is 2.88. The molecule has 0 heterocycles. The molecule has 5 nitrogen and oxygen atoms in total. The lowest BCUT2D eigenvalue weighted by atomic mass is 9.99. The molecule has 0 bridgehead atoms. The molecule has 1 aromatic rings. The quantitative estimate of drug-likeness (QED) is 0.626. The number of phenols is 1. The van der Waals surface area contributed by atoms with Gasteiger partial charge in [-0.3, -0.25) is 9.59 Å². The summed E-state index contributed by atoms with van der Waals surface area (Å²) < 4.78 is 9.72. The van der Waals surface area contributed by atoms with Gasteiger partial charge in [0, 0.05) is 0 Å². The molecule has 1 aromatic carbocycles. The van der Waals surface area contributed by atoms with Gasteiger partial charge in [-0.25, -0.2) is 0 Å². The first-order valence-electron chi connectivity index (χ1n) is 6.20. The minimum atomic E-state index is -1.05. The third kappa shape index (κ3) is 4.28. The fourth-order valence-electron chi connectivity index (χ4n) is 1.65. The van der Waals surface area contributed by atoms with Crippen LogP contribution in [0.5, 0.6) is 5.75 Å². The Morgan fingerprint density at radius 3 is 2.11 bits per heavy atom. The molecule has 0 aliphatic rings. The van der Waals surface area contributed by atoms with Crippen molar-refractivity contribution in [2.24, 2.45) is 5.92 Å². The zero-order chi connectivity index (χ0) is 14.3. The number of phenolic OH excluding ortho intramolecular Hbond substituents is 1. The van der Waals surface area contributed by atoms with E-state index in [9.17, 15) is 14.7 Å². The minimum absolute atomic E-state index is 0.0427. The van der Waals surface area contributed by atoms with Crippen molar-refractivity contribution in [2.45, 2.75) is 20.3 Å². The van der Waals surface area contributed by atoms with Crippen LogP contribution in [-0.2, 0) is 25.5 Å². The zero-order valence-corrected chi connectivity index (χ0v) is 11.1. The Hall–Kier alpha value is -2.04. The van der Waals surface area contributed by atoms with Crippen molar-refractivity contribution < 1.29 is 24.2 Å². The van der Waals surface area contributed by atoms with E-state index >= 15 is 0 Å². The molecular formula is C14H18O5. The van der Waals surface area contributed by atoms with Gasteiger partial charge in [0.25, 0.3) is 0 Å². The van der Waals surface area contributed by atoms with Gasteiger partial charge in [-0.1, -0.05) is 18.2 Å². The monoisotopic (exact) mass is 266 g/mol. The molecule has 19 heavy (non-hydrogen) atoms. The summed E-state index contributed by atoms with van der Waals surface area (Å²) >= 11 is 0. The zero-order valence-electron chi connectivity index (χ0n) is 11.1. The highest BCUT2D eigenvalue weighted by molar-refractivity contribution is 5.95. The number of ether oxygens (including phenoxy) is 2. The fraction of sp³-hybridized carbons (Fsp3) is 0.429. The molecule has 0 aliphatic heterocycles. The highest BCUT2D eigenvalue weighted by Gasteiger charge is 2.30. The minimum Gasteiger partial charge on any atom is -0.508 e. The lowest BCUT2D eigenvalue weighted by Crippen LogP contribution is -2.30. The number of esters is 2. The molecular weight excluding hydrogens is 248 g/mol. The van der Waals surface area contributed by atoms with Gasteiger partial charge < -0.3 is 14.6 Å². The van der Waals surface area contributed by atoms with Gasteiger partial charge >= 0.3 is 11.9 Å². The number of carbonyl (C=O) groups excluding carboxylic acids is 2. The number of hydrogen-bond donors (Lipinski definition) is 1. The van der Waals surface area contributed by atoms with Gasteiger partial charge in [-0.05, 0) is 31.9 Å². The van der Waals surface area contributed by atoms with Gasteiger partial charge in [0.15, 0.2) is 5.92 Å². The van der Waals surface area contributed by atoms with E-state index in [4.69, 9.17) is 9.47 Å². The number of aromatic hydroxyl groups is 1. The van der Waals surface area contributed by atoms with Crippen LogP contribution in [0.2, 0.25) is 0 Å². The number of benzene rings is 1. The standard InChI is InChI=1S/C14H18O5/c1-3-18-13(16)11(14(17)19-4-2)9-10-7-5-6-8-12(10)15/h5-8,11,15H,3-4,9H2,1-2H3. The van der Waals surface area contributed by atoms with E-state index in [0.717, 1.165) is 0 Å². The van der Waals surface area contributed by atoms with Crippen LogP contribution in [0.1, 0.15) is 19.4 Å². The molecule has 0 radical (unpaired) electrons. The van der Waals surface area contributed by atoms with Crippen molar-refractivity contribution >= 4 is 11.9 Å². The van der Waals surface area contributed by atoms with Crippen molar-refractivity contribution in [1.29, 1.82) is 0 Å². The maximum Gasteiger partial charge on any atom is 0.320 e. The molecule has 104 valence electrons. The van der Waals surface area contributed by atoms with Crippen molar-refractivity contribution in [2.75, 3.05) is 13.2 Å². The highest BCUT2D eigenvalue weighted by Crippen LogP contribution is 2.21. The van der Waals surface area contributed by atoms with Crippen LogP contribution < -0.4 is 0 Å². The molecule has 0 aromatic heterocycles. The molecule has 0 amide bonds. The van der Waals surface area contributed by atoms with Crippen molar-refractivity contribution in [3.63, 3.8) is 0 Å². The van der Waals surface area contributed by atoms with Crippen molar-refractivity contribution in [3.8, 4) is 5.75 Å². The second kappa shape index (κ2) is 7.41. The van der Waals surface area contributed by atoms with E-state index < -0.39 is 17.9 Å². The molecule has 0 unspecified atom stereocenters. The molecule has 0 saturated carbocycles. The van der Waals surface area contributed by atoms with Crippen LogP contribution >= 0.6 is 0 Å². The summed E-state index contributed by atoms with van der Waals surface area (Å²) in [6.07, 6.45) is 0.0599. The summed E-state index contributed by atoms with van der Waals surface area (Å²) in [6, 6.07) is 6.55. The molecule has 0 aliphatic carbocycles. The molecule has 0 saturated heterocycles. The first-order chi connectivity index (χ1) is 9.10. The molecule has 0 fully saturated rings. The molecule has 1 rings (SSSR count). The van der Waals surface area contributed by atoms with Crippen LogP contribution in [0.3, 0.4) is 0 Å². The van der Waals surface area contributed by atoms with Gasteiger partial charge in [-0.15, -0.1) is 0 Å². The van der Waals surface area contributed by atoms with Crippen LogP contribution in [-0.4, -0.2) is 30.3 Å². The molecule has 0 atom stereocenters. The lowest BCUT2D eigenvalue weighted by molar-refractivity contribution is -0.161. The van der Waals surface area contributed by atoms with Gasteiger partial charge in [-0.2, -0.15) is 0 Å². The topological polar surface area (TPSA) is 72.8 Å². The maximum absolute atomic E-state index is 11.8. The highest BCUT2D eigenvalue weighted by atomic mass is 16.6.